The van der Waals surface area contributed by atoms with Crippen LogP contribution in [0.25, 0.3) is 0 Å². The second kappa shape index (κ2) is 5.38. The van der Waals surface area contributed by atoms with Crippen molar-refractivity contribution in [2.24, 2.45) is 0 Å². The van der Waals surface area contributed by atoms with Crippen molar-refractivity contribution in [3.05, 3.63) is 28.8 Å². The molecular formula is C12H12ClF3N2O. The zero-order valence-corrected chi connectivity index (χ0v) is 10.6. The summed E-state index contributed by atoms with van der Waals surface area (Å²) in [5.41, 5.74) is -0.859. The first kappa shape index (κ1) is 14.1. The molecule has 104 valence electrons. The molecule has 2 N–H and O–H groups in total. The number of nitrogens with one attached hydrogen (secondary N) is 2. The summed E-state index contributed by atoms with van der Waals surface area (Å²) in [6.07, 6.45) is -2.97. The highest BCUT2D eigenvalue weighted by atomic mass is 35.5. The number of carbonyl (C=O) groups excluding carboxylic acids is 1. The van der Waals surface area contributed by atoms with Gasteiger partial charge in [0.1, 0.15) is 0 Å². The van der Waals surface area contributed by atoms with E-state index in [0.717, 1.165) is 25.1 Å². The standard InChI is InChI=1S/C12H12ClF3N2O/c13-9-4-3-7(6-8(9)12(14,15)16)18-11(19)10-2-1-5-17-10/h3-4,6,10,17H,1-2,5H2,(H,18,19)/t10-/m0/s1. The van der Waals surface area contributed by atoms with Gasteiger partial charge in [0.15, 0.2) is 0 Å². The van der Waals surface area contributed by atoms with Crippen LogP contribution in [0.2, 0.25) is 5.02 Å². The Morgan fingerprint density at radius 2 is 2.16 bits per heavy atom. The van der Waals surface area contributed by atoms with Crippen LogP contribution in [-0.4, -0.2) is 18.5 Å². The number of alkyl halides is 3. The predicted molar refractivity (Wildman–Crippen MR) is 66.1 cm³/mol. The van der Waals surface area contributed by atoms with Crippen molar-refractivity contribution in [3.8, 4) is 0 Å². The van der Waals surface area contributed by atoms with E-state index in [4.69, 9.17) is 11.6 Å². The van der Waals surface area contributed by atoms with Gasteiger partial charge in [0.05, 0.1) is 16.6 Å². The van der Waals surface area contributed by atoms with Gasteiger partial charge in [-0.05, 0) is 37.6 Å². The first-order chi connectivity index (χ1) is 8.88. The van der Waals surface area contributed by atoms with Gasteiger partial charge in [-0.25, -0.2) is 0 Å². The van der Waals surface area contributed by atoms with Gasteiger partial charge in [-0.1, -0.05) is 11.6 Å². The maximum atomic E-state index is 12.7. The van der Waals surface area contributed by atoms with E-state index in [9.17, 15) is 18.0 Å². The zero-order valence-electron chi connectivity index (χ0n) is 9.85. The summed E-state index contributed by atoms with van der Waals surface area (Å²) < 4.78 is 38.0. The van der Waals surface area contributed by atoms with E-state index in [1.807, 2.05) is 0 Å². The molecule has 0 bridgehead atoms. The number of hydrogen-bond donors (Lipinski definition) is 2. The molecule has 1 heterocycles. The Labute approximate surface area is 113 Å². The minimum Gasteiger partial charge on any atom is -0.325 e. The van der Waals surface area contributed by atoms with Crippen LogP contribution < -0.4 is 10.6 Å². The van der Waals surface area contributed by atoms with E-state index in [0.29, 0.717) is 6.42 Å². The minimum atomic E-state index is -4.54. The van der Waals surface area contributed by atoms with Gasteiger partial charge in [0.25, 0.3) is 0 Å². The molecular weight excluding hydrogens is 281 g/mol. The molecule has 1 aliphatic rings. The van der Waals surface area contributed by atoms with Crippen LogP contribution in [0.3, 0.4) is 0 Å². The monoisotopic (exact) mass is 292 g/mol. The highest BCUT2D eigenvalue weighted by Gasteiger charge is 2.33. The van der Waals surface area contributed by atoms with E-state index in [1.165, 1.54) is 6.07 Å². The summed E-state index contributed by atoms with van der Waals surface area (Å²) >= 11 is 5.50. The second-order valence-corrected chi connectivity index (χ2v) is 4.74. The fourth-order valence-corrected chi connectivity index (χ4v) is 2.18. The van der Waals surface area contributed by atoms with Gasteiger partial charge in [-0.3, -0.25) is 4.79 Å². The highest BCUT2D eigenvalue weighted by molar-refractivity contribution is 6.31. The molecule has 0 aliphatic carbocycles. The molecule has 2 rings (SSSR count). The lowest BCUT2D eigenvalue weighted by Gasteiger charge is -2.14. The molecule has 0 radical (unpaired) electrons. The van der Waals surface area contributed by atoms with Gasteiger partial charge in [-0.15, -0.1) is 0 Å². The Hall–Kier alpha value is -1.27. The summed E-state index contributed by atoms with van der Waals surface area (Å²) in [5.74, 6) is -0.326. The van der Waals surface area contributed by atoms with Crippen molar-refractivity contribution in [1.29, 1.82) is 0 Å². The Bertz CT molecular complexity index is 484. The third kappa shape index (κ3) is 3.39. The normalized spacial score (nSPS) is 19.5. The third-order valence-electron chi connectivity index (χ3n) is 2.92. The Kier molecular flexibility index (Phi) is 4.01. The van der Waals surface area contributed by atoms with Crippen molar-refractivity contribution < 1.29 is 18.0 Å². The van der Waals surface area contributed by atoms with Gasteiger partial charge in [-0.2, -0.15) is 13.2 Å². The number of amides is 1. The average Bonchev–Trinajstić information content (AvgIpc) is 2.83. The van der Waals surface area contributed by atoms with Crippen LogP contribution in [0.4, 0.5) is 18.9 Å². The van der Waals surface area contributed by atoms with Crippen LogP contribution in [0.15, 0.2) is 18.2 Å². The molecule has 7 heteroatoms. The van der Waals surface area contributed by atoms with Gasteiger partial charge < -0.3 is 10.6 Å². The maximum Gasteiger partial charge on any atom is 0.417 e. The van der Waals surface area contributed by atoms with Crippen molar-refractivity contribution in [1.82, 2.24) is 5.32 Å². The van der Waals surface area contributed by atoms with Crippen LogP contribution in [0.1, 0.15) is 18.4 Å². The summed E-state index contributed by atoms with van der Waals surface area (Å²) in [6.45, 7) is 0.743. The van der Waals surface area contributed by atoms with Crippen LogP contribution in [0, 0.1) is 0 Å². The lowest BCUT2D eigenvalue weighted by molar-refractivity contribution is -0.137. The number of rotatable bonds is 2. The number of carbonyl (C=O) groups is 1. The Morgan fingerprint density at radius 1 is 1.42 bits per heavy atom. The summed E-state index contributed by atoms with van der Waals surface area (Å²) in [4.78, 5) is 11.8. The second-order valence-electron chi connectivity index (χ2n) is 4.33. The Balaban J connectivity index is 2.15. The van der Waals surface area contributed by atoms with Crippen LogP contribution >= 0.6 is 11.6 Å². The maximum absolute atomic E-state index is 12.7. The third-order valence-corrected chi connectivity index (χ3v) is 3.25. The SMILES string of the molecule is O=C(Nc1ccc(Cl)c(C(F)(F)F)c1)[C@@H]1CCCN1. The smallest absolute Gasteiger partial charge is 0.325 e. The van der Waals surface area contributed by atoms with E-state index >= 15 is 0 Å². The predicted octanol–water partition coefficient (Wildman–Crippen LogP) is 3.05. The molecule has 3 nitrogen and oxygen atoms in total. The number of halogens is 4. The topological polar surface area (TPSA) is 41.1 Å². The largest absolute Gasteiger partial charge is 0.417 e. The van der Waals surface area contributed by atoms with E-state index in [-0.39, 0.29) is 22.7 Å². The van der Waals surface area contributed by atoms with Crippen LogP contribution in [0.5, 0.6) is 0 Å². The van der Waals surface area contributed by atoms with E-state index in [1.54, 1.807) is 0 Å². The quantitative estimate of drug-likeness (QED) is 0.879. The first-order valence-electron chi connectivity index (χ1n) is 5.79. The molecule has 19 heavy (non-hydrogen) atoms. The lowest BCUT2D eigenvalue weighted by Crippen LogP contribution is -2.35. The molecule has 1 atom stereocenters. The fourth-order valence-electron chi connectivity index (χ4n) is 1.96. The molecule has 1 aromatic carbocycles. The average molecular weight is 293 g/mol. The van der Waals surface area contributed by atoms with Crippen LogP contribution in [-0.2, 0) is 11.0 Å². The van der Waals surface area contributed by atoms with E-state index < -0.39 is 11.7 Å². The minimum absolute atomic E-state index is 0.0930. The summed E-state index contributed by atoms with van der Waals surface area (Å²) in [6, 6.07) is 2.98. The summed E-state index contributed by atoms with van der Waals surface area (Å²) in [5, 5.41) is 5.05. The fraction of sp³-hybridized carbons (Fsp3) is 0.417. The molecule has 0 unspecified atom stereocenters. The Morgan fingerprint density at radius 3 is 2.74 bits per heavy atom. The van der Waals surface area contributed by atoms with Crippen molar-refractivity contribution in [2.75, 3.05) is 11.9 Å². The highest BCUT2D eigenvalue weighted by Crippen LogP contribution is 2.36. The number of anilines is 1. The number of hydrogen-bond acceptors (Lipinski definition) is 2. The summed E-state index contributed by atoms with van der Waals surface area (Å²) in [7, 11) is 0. The molecule has 1 amide bonds. The van der Waals surface area contributed by atoms with Gasteiger partial charge in [0.2, 0.25) is 5.91 Å². The lowest BCUT2D eigenvalue weighted by atomic mass is 10.1. The van der Waals surface area contributed by atoms with Crippen molar-refractivity contribution in [3.63, 3.8) is 0 Å². The van der Waals surface area contributed by atoms with E-state index in [2.05, 4.69) is 10.6 Å². The van der Waals surface area contributed by atoms with Gasteiger partial charge >= 0.3 is 6.18 Å². The zero-order chi connectivity index (χ0) is 14.0. The van der Waals surface area contributed by atoms with Crippen molar-refractivity contribution >= 4 is 23.2 Å². The molecule has 0 spiro atoms. The molecule has 1 aromatic rings. The van der Waals surface area contributed by atoms with Gasteiger partial charge in [0, 0.05) is 5.69 Å². The molecule has 1 fully saturated rings. The molecule has 0 saturated carbocycles. The van der Waals surface area contributed by atoms with Crippen molar-refractivity contribution in [2.45, 2.75) is 25.1 Å². The number of benzene rings is 1. The molecule has 1 saturated heterocycles. The molecule has 0 aromatic heterocycles. The first-order valence-corrected chi connectivity index (χ1v) is 6.17. The molecule has 1 aliphatic heterocycles.